The van der Waals surface area contributed by atoms with Crippen LogP contribution in [0.15, 0.2) is 18.2 Å². The molecule has 3 aromatic rings. The van der Waals surface area contributed by atoms with E-state index in [9.17, 15) is 0 Å². The first-order valence-electron chi connectivity index (χ1n) is 8.19. The molecule has 0 bridgehead atoms. The fourth-order valence-electron chi connectivity index (χ4n) is 2.88. The second kappa shape index (κ2) is 7.02. The predicted molar refractivity (Wildman–Crippen MR) is 95.0 cm³/mol. The van der Waals surface area contributed by atoms with Gasteiger partial charge in [-0.25, -0.2) is 9.97 Å². The van der Waals surface area contributed by atoms with Crippen LogP contribution in [0.3, 0.4) is 0 Å². The van der Waals surface area contributed by atoms with Crippen molar-refractivity contribution >= 4 is 27.8 Å². The second-order valence-electron chi connectivity index (χ2n) is 5.39. The summed E-state index contributed by atoms with van der Waals surface area (Å²) in [4.78, 5) is 9.17. The molecule has 4 N–H and O–H groups in total. The number of para-hydroxylation sites is 1. The van der Waals surface area contributed by atoms with Crippen LogP contribution >= 0.6 is 0 Å². The lowest BCUT2D eigenvalue weighted by Crippen LogP contribution is -2.11. The molecule has 1 aromatic carbocycles. The Bertz CT molecular complexity index is 859. The summed E-state index contributed by atoms with van der Waals surface area (Å²) in [5, 5.41) is 0.964. The third-order valence-corrected chi connectivity index (χ3v) is 3.90. The highest BCUT2D eigenvalue weighted by Gasteiger charge is 2.18. The van der Waals surface area contributed by atoms with Crippen molar-refractivity contribution in [1.82, 2.24) is 14.5 Å². The van der Waals surface area contributed by atoms with Crippen LogP contribution in [0, 0.1) is 0 Å². The van der Waals surface area contributed by atoms with E-state index < -0.39 is 0 Å². The van der Waals surface area contributed by atoms with E-state index in [0.717, 1.165) is 28.8 Å². The zero-order chi connectivity index (χ0) is 17.1. The van der Waals surface area contributed by atoms with Crippen molar-refractivity contribution in [2.24, 2.45) is 5.73 Å². The maximum absolute atomic E-state index is 6.18. The van der Waals surface area contributed by atoms with Gasteiger partial charge in [0.05, 0.1) is 5.52 Å². The van der Waals surface area contributed by atoms with E-state index in [-0.39, 0.29) is 0 Å². The fraction of sp³-hybridized carbons (Fsp3) is 0.412. The Labute approximate surface area is 140 Å². The Morgan fingerprint density at radius 3 is 2.71 bits per heavy atom. The largest absolute Gasteiger partial charge is 0.490 e. The Kier molecular flexibility index (Phi) is 4.82. The van der Waals surface area contributed by atoms with Crippen molar-refractivity contribution in [3.63, 3.8) is 0 Å². The van der Waals surface area contributed by atoms with Gasteiger partial charge in [0.15, 0.2) is 5.82 Å². The molecule has 0 unspecified atom stereocenters. The first-order valence-corrected chi connectivity index (χ1v) is 8.19. The highest BCUT2D eigenvalue weighted by molar-refractivity contribution is 6.08. The van der Waals surface area contributed by atoms with Crippen LogP contribution in [0.1, 0.15) is 19.7 Å². The number of anilines is 1. The first-order chi connectivity index (χ1) is 11.7. The van der Waals surface area contributed by atoms with E-state index in [2.05, 4.69) is 21.5 Å². The first kappa shape index (κ1) is 16.5. The van der Waals surface area contributed by atoms with E-state index in [1.54, 1.807) is 0 Å². The lowest BCUT2D eigenvalue weighted by atomic mass is 10.1. The summed E-state index contributed by atoms with van der Waals surface area (Å²) in [6.45, 7) is 6.77. The lowest BCUT2D eigenvalue weighted by Gasteiger charge is -2.11. The summed E-state index contributed by atoms with van der Waals surface area (Å²) < 4.78 is 13.4. The van der Waals surface area contributed by atoms with Crippen molar-refractivity contribution < 1.29 is 9.47 Å². The summed E-state index contributed by atoms with van der Waals surface area (Å²) in [6, 6.07) is 5.84. The third kappa shape index (κ3) is 2.76. The minimum absolute atomic E-state index is 0.395. The number of imidazole rings is 1. The van der Waals surface area contributed by atoms with Gasteiger partial charge in [-0.2, -0.15) is 0 Å². The van der Waals surface area contributed by atoms with Crippen LogP contribution in [0.2, 0.25) is 0 Å². The van der Waals surface area contributed by atoms with E-state index in [1.165, 1.54) is 0 Å². The minimum Gasteiger partial charge on any atom is -0.490 e. The molecule has 0 saturated carbocycles. The van der Waals surface area contributed by atoms with Crippen LogP contribution in [0.25, 0.3) is 21.9 Å². The number of aryl methyl sites for hydroxylation is 1. The van der Waals surface area contributed by atoms with Crippen molar-refractivity contribution in [2.75, 3.05) is 25.5 Å². The van der Waals surface area contributed by atoms with Gasteiger partial charge in [-0.15, -0.1) is 0 Å². The van der Waals surface area contributed by atoms with Crippen molar-refractivity contribution in [2.45, 2.75) is 27.0 Å². The molecule has 0 saturated heterocycles. The van der Waals surface area contributed by atoms with Crippen molar-refractivity contribution in [1.29, 1.82) is 0 Å². The number of pyridine rings is 1. The van der Waals surface area contributed by atoms with Crippen LogP contribution < -0.4 is 16.2 Å². The van der Waals surface area contributed by atoms with Crippen LogP contribution in [0.4, 0.5) is 5.82 Å². The highest BCUT2D eigenvalue weighted by atomic mass is 16.5. The number of benzene rings is 1. The minimum atomic E-state index is 0.395. The normalized spacial score (nSPS) is 11.5. The molecule has 7 nitrogen and oxygen atoms in total. The lowest BCUT2D eigenvalue weighted by molar-refractivity contribution is 0.126. The van der Waals surface area contributed by atoms with E-state index in [0.29, 0.717) is 43.4 Å². The van der Waals surface area contributed by atoms with Gasteiger partial charge in [-0.05, 0) is 19.9 Å². The van der Waals surface area contributed by atoms with Crippen LogP contribution in [-0.4, -0.2) is 34.3 Å². The summed E-state index contributed by atoms with van der Waals surface area (Å²) in [6.07, 6.45) is 0. The number of nitrogens with zero attached hydrogens (tertiary/aromatic N) is 3. The summed E-state index contributed by atoms with van der Waals surface area (Å²) >= 11 is 0. The monoisotopic (exact) mass is 329 g/mol. The van der Waals surface area contributed by atoms with Gasteiger partial charge >= 0.3 is 0 Å². The summed E-state index contributed by atoms with van der Waals surface area (Å²) in [5.41, 5.74) is 14.1. The smallest absolute Gasteiger partial charge is 0.152 e. The molecule has 0 aliphatic rings. The van der Waals surface area contributed by atoms with Crippen LogP contribution in [0.5, 0.6) is 5.75 Å². The molecule has 0 spiro atoms. The number of nitrogens with two attached hydrogens (primary N) is 2. The SMILES string of the molecule is CCOCc1nc2c(N)nc3c(OCCN)cccc3c2n1CC. The molecule has 3 rings (SSSR count). The number of hydrogen-bond acceptors (Lipinski definition) is 6. The molecular formula is C17H23N5O2. The standard InChI is InChI=1S/C17H23N5O2/c1-3-22-13(10-23-4-2)20-15-16(22)11-6-5-7-12(24-9-8-18)14(11)21-17(15)19/h5-7H,3-4,8-10,18H2,1-2H3,(H2,19,21). The molecule has 0 aliphatic heterocycles. The Hall–Kier alpha value is -2.38. The summed E-state index contributed by atoms with van der Waals surface area (Å²) in [5.74, 6) is 1.93. The predicted octanol–water partition coefficient (Wildman–Crippen LogP) is 2.06. The van der Waals surface area contributed by atoms with Crippen molar-refractivity contribution in [3.8, 4) is 5.75 Å². The highest BCUT2D eigenvalue weighted by Crippen LogP contribution is 2.33. The maximum Gasteiger partial charge on any atom is 0.152 e. The fourth-order valence-corrected chi connectivity index (χ4v) is 2.88. The number of nitrogen functional groups attached to an aromatic ring is 1. The number of ether oxygens (including phenoxy) is 2. The van der Waals surface area contributed by atoms with Gasteiger partial charge in [0.25, 0.3) is 0 Å². The zero-order valence-corrected chi connectivity index (χ0v) is 14.1. The molecule has 2 heterocycles. The van der Waals surface area contributed by atoms with E-state index in [4.69, 9.17) is 20.9 Å². The van der Waals surface area contributed by atoms with E-state index in [1.807, 2.05) is 25.1 Å². The quantitative estimate of drug-likeness (QED) is 0.688. The third-order valence-electron chi connectivity index (χ3n) is 3.90. The molecule has 7 heteroatoms. The van der Waals surface area contributed by atoms with Gasteiger partial charge in [-0.3, -0.25) is 0 Å². The van der Waals surface area contributed by atoms with Crippen LogP contribution in [-0.2, 0) is 17.9 Å². The van der Waals surface area contributed by atoms with Gasteiger partial charge in [0, 0.05) is 25.1 Å². The number of fused-ring (bicyclic) bond motifs is 3. The number of aromatic nitrogens is 3. The molecule has 2 aromatic heterocycles. The van der Waals surface area contributed by atoms with Gasteiger partial charge in [-0.1, -0.05) is 12.1 Å². The number of hydrogen-bond donors (Lipinski definition) is 2. The van der Waals surface area contributed by atoms with Gasteiger partial charge in [0.1, 0.15) is 35.8 Å². The molecule has 24 heavy (non-hydrogen) atoms. The average Bonchev–Trinajstić information content (AvgIpc) is 2.97. The Morgan fingerprint density at radius 2 is 2.00 bits per heavy atom. The molecule has 0 aliphatic carbocycles. The molecule has 0 atom stereocenters. The van der Waals surface area contributed by atoms with Gasteiger partial charge in [0.2, 0.25) is 0 Å². The summed E-state index contributed by atoms with van der Waals surface area (Å²) in [7, 11) is 0. The molecule has 0 amide bonds. The zero-order valence-electron chi connectivity index (χ0n) is 14.1. The second-order valence-corrected chi connectivity index (χ2v) is 5.39. The average molecular weight is 329 g/mol. The number of rotatable bonds is 7. The topological polar surface area (TPSA) is 101 Å². The van der Waals surface area contributed by atoms with Gasteiger partial charge < -0.3 is 25.5 Å². The Morgan fingerprint density at radius 1 is 1.17 bits per heavy atom. The maximum atomic E-state index is 6.18. The Balaban J connectivity index is 2.27. The molecule has 0 fully saturated rings. The molecule has 128 valence electrons. The van der Waals surface area contributed by atoms with Crippen molar-refractivity contribution in [3.05, 3.63) is 24.0 Å². The van der Waals surface area contributed by atoms with E-state index >= 15 is 0 Å². The molecular weight excluding hydrogens is 306 g/mol. The molecule has 0 radical (unpaired) electrons.